The molecule has 0 heterocycles. The lowest BCUT2D eigenvalue weighted by Gasteiger charge is -2.07. The number of ether oxygens (including phenoxy) is 2. The Morgan fingerprint density at radius 1 is 1.05 bits per heavy atom. The van der Waals surface area contributed by atoms with E-state index in [0.717, 1.165) is 5.56 Å². The molecular weight excluding hydrogens is 288 g/mol. The fourth-order valence-corrected chi connectivity index (χ4v) is 1.78. The molecule has 0 saturated heterocycles. The van der Waals surface area contributed by atoms with Crippen molar-refractivity contribution < 1.29 is 28.7 Å². The maximum atomic E-state index is 11.9. The van der Waals surface area contributed by atoms with Crippen molar-refractivity contribution in [1.29, 1.82) is 0 Å². The van der Waals surface area contributed by atoms with Crippen LogP contribution in [0.3, 0.4) is 0 Å². The zero-order valence-corrected chi connectivity index (χ0v) is 12.8. The summed E-state index contributed by atoms with van der Waals surface area (Å²) in [5.41, 5.74) is 1.37. The highest BCUT2D eigenvalue weighted by molar-refractivity contribution is 6.00. The Bertz CT molecular complexity index is 603. The fourth-order valence-electron chi connectivity index (χ4n) is 1.78. The minimum absolute atomic E-state index is 0.0838. The second kappa shape index (κ2) is 8.07. The van der Waals surface area contributed by atoms with Crippen LogP contribution in [0, 0.1) is 6.92 Å². The van der Waals surface area contributed by atoms with E-state index in [1.54, 1.807) is 26.0 Å². The van der Waals surface area contributed by atoms with Crippen molar-refractivity contribution >= 4 is 23.5 Å². The van der Waals surface area contributed by atoms with Gasteiger partial charge in [-0.1, -0.05) is 6.92 Å². The van der Waals surface area contributed by atoms with Crippen LogP contribution in [0.1, 0.15) is 46.0 Å². The van der Waals surface area contributed by atoms with E-state index in [4.69, 9.17) is 4.74 Å². The number of carbonyl (C=O) groups is 4. The van der Waals surface area contributed by atoms with E-state index in [9.17, 15) is 19.2 Å². The van der Waals surface area contributed by atoms with Crippen LogP contribution in [0.5, 0.6) is 0 Å². The average molecular weight is 306 g/mol. The molecule has 0 unspecified atom stereocenters. The van der Waals surface area contributed by atoms with Crippen molar-refractivity contribution in [3.05, 3.63) is 34.9 Å². The van der Waals surface area contributed by atoms with Crippen LogP contribution in [-0.4, -0.2) is 37.2 Å². The Hall–Kier alpha value is -2.50. The van der Waals surface area contributed by atoms with Crippen LogP contribution in [0.15, 0.2) is 18.2 Å². The minimum atomic E-state index is -0.716. The van der Waals surface area contributed by atoms with Crippen molar-refractivity contribution in [3.8, 4) is 0 Å². The molecule has 0 radical (unpaired) electrons. The molecule has 0 saturated carbocycles. The summed E-state index contributed by atoms with van der Waals surface area (Å²) in [6, 6.07) is 4.69. The van der Waals surface area contributed by atoms with Gasteiger partial charge in [-0.3, -0.25) is 14.4 Å². The standard InChI is InChI=1S/C16H18O6/c1-4-14(18)11-5-10(2)6-12(7-11)16(20)22-9-13(17)8-15(19)21-3/h5-7H,4,8-9H2,1-3H3. The van der Waals surface area contributed by atoms with E-state index in [0.29, 0.717) is 12.0 Å². The van der Waals surface area contributed by atoms with Gasteiger partial charge in [-0.15, -0.1) is 0 Å². The van der Waals surface area contributed by atoms with Gasteiger partial charge in [0.2, 0.25) is 0 Å². The zero-order valence-electron chi connectivity index (χ0n) is 12.8. The van der Waals surface area contributed by atoms with Crippen LogP contribution in [0.4, 0.5) is 0 Å². The summed E-state index contributed by atoms with van der Waals surface area (Å²) in [6.45, 7) is 2.97. The lowest BCUT2D eigenvalue weighted by Crippen LogP contribution is -2.18. The summed E-state index contributed by atoms with van der Waals surface area (Å²) in [7, 11) is 1.17. The minimum Gasteiger partial charge on any atom is -0.469 e. The van der Waals surface area contributed by atoms with Crippen molar-refractivity contribution in [2.24, 2.45) is 0 Å². The molecule has 1 aromatic rings. The number of hydrogen-bond acceptors (Lipinski definition) is 6. The second-order valence-corrected chi connectivity index (χ2v) is 4.73. The van der Waals surface area contributed by atoms with E-state index in [1.165, 1.54) is 13.2 Å². The quantitative estimate of drug-likeness (QED) is 0.434. The highest BCUT2D eigenvalue weighted by atomic mass is 16.5. The van der Waals surface area contributed by atoms with Gasteiger partial charge in [-0.05, 0) is 30.7 Å². The maximum absolute atomic E-state index is 11.9. The molecule has 22 heavy (non-hydrogen) atoms. The lowest BCUT2D eigenvalue weighted by atomic mass is 10.0. The molecule has 1 rings (SSSR count). The molecule has 0 aromatic heterocycles. The Labute approximate surface area is 128 Å². The Balaban J connectivity index is 2.73. The van der Waals surface area contributed by atoms with Gasteiger partial charge in [-0.2, -0.15) is 0 Å². The monoisotopic (exact) mass is 306 g/mol. The second-order valence-electron chi connectivity index (χ2n) is 4.73. The van der Waals surface area contributed by atoms with Gasteiger partial charge in [0.1, 0.15) is 6.42 Å². The number of benzene rings is 1. The van der Waals surface area contributed by atoms with Crippen LogP contribution < -0.4 is 0 Å². The third kappa shape index (κ3) is 5.12. The van der Waals surface area contributed by atoms with Gasteiger partial charge in [0.05, 0.1) is 12.7 Å². The van der Waals surface area contributed by atoms with Gasteiger partial charge in [0, 0.05) is 12.0 Å². The number of ketones is 2. The van der Waals surface area contributed by atoms with Gasteiger partial charge >= 0.3 is 11.9 Å². The molecule has 0 aliphatic carbocycles. The van der Waals surface area contributed by atoms with Crippen LogP contribution in [0.25, 0.3) is 0 Å². The predicted molar refractivity (Wildman–Crippen MR) is 77.7 cm³/mol. The van der Waals surface area contributed by atoms with Gasteiger partial charge < -0.3 is 9.47 Å². The molecule has 0 atom stereocenters. The van der Waals surface area contributed by atoms with Crippen LogP contribution >= 0.6 is 0 Å². The lowest BCUT2D eigenvalue weighted by molar-refractivity contribution is -0.144. The summed E-state index contributed by atoms with van der Waals surface area (Å²) in [6.07, 6.45) is -0.118. The number of carbonyl (C=O) groups excluding carboxylic acids is 4. The molecule has 0 aliphatic heterocycles. The summed E-state index contributed by atoms with van der Waals surface area (Å²) in [5.74, 6) is -2.04. The number of rotatable bonds is 7. The fraction of sp³-hybridized carbons (Fsp3) is 0.375. The maximum Gasteiger partial charge on any atom is 0.338 e. The van der Waals surface area contributed by atoms with Crippen molar-refractivity contribution in [1.82, 2.24) is 0 Å². The SMILES string of the molecule is CCC(=O)c1cc(C)cc(C(=O)OCC(=O)CC(=O)OC)c1. The van der Waals surface area contributed by atoms with E-state index in [2.05, 4.69) is 4.74 Å². The van der Waals surface area contributed by atoms with Crippen molar-refractivity contribution in [2.45, 2.75) is 26.7 Å². The number of esters is 2. The van der Waals surface area contributed by atoms with Crippen molar-refractivity contribution in [3.63, 3.8) is 0 Å². The van der Waals surface area contributed by atoms with E-state index >= 15 is 0 Å². The average Bonchev–Trinajstić information content (AvgIpc) is 2.50. The molecule has 0 bridgehead atoms. The van der Waals surface area contributed by atoms with Crippen LogP contribution in [0.2, 0.25) is 0 Å². The molecule has 6 nitrogen and oxygen atoms in total. The summed E-state index contributed by atoms with van der Waals surface area (Å²) in [5, 5.41) is 0. The molecule has 0 N–H and O–H groups in total. The normalized spacial score (nSPS) is 9.95. The first-order valence-corrected chi connectivity index (χ1v) is 6.78. The Kier molecular flexibility index (Phi) is 6.44. The molecule has 0 spiro atoms. The first kappa shape index (κ1) is 17.6. The Morgan fingerprint density at radius 2 is 1.68 bits per heavy atom. The van der Waals surface area contributed by atoms with Crippen LogP contribution in [-0.2, 0) is 19.1 Å². The molecule has 118 valence electrons. The molecule has 1 aromatic carbocycles. The van der Waals surface area contributed by atoms with E-state index in [1.807, 2.05) is 0 Å². The summed E-state index contributed by atoms with van der Waals surface area (Å²) < 4.78 is 9.20. The first-order valence-electron chi connectivity index (χ1n) is 6.78. The topological polar surface area (TPSA) is 86.7 Å². The number of Topliss-reactive ketones (excluding diaryl/α,β-unsaturated/α-hetero) is 2. The molecule has 0 fully saturated rings. The first-order chi connectivity index (χ1) is 10.4. The third-order valence-electron chi connectivity index (χ3n) is 2.89. The highest BCUT2D eigenvalue weighted by Crippen LogP contribution is 2.13. The highest BCUT2D eigenvalue weighted by Gasteiger charge is 2.15. The largest absolute Gasteiger partial charge is 0.469 e. The zero-order chi connectivity index (χ0) is 16.7. The molecule has 6 heteroatoms. The van der Waals surface area contributed by atoms with Gasteiger partial charge in [0.25, 0.3) is 0 Å². The smallest absolute Gasteiger partial charge is 0.338 e. The van der Waals surface area contributed by atoms with Gasteiger partial charge in [-0.25, -0.2) is 4.79 Å². The Morgan fingerprint density at radius 3 is 2.27 bits per heavy atom. The van der Waals surface area contributed by atoms with Gasteiger partial charge in [0.15, 0.2) is 18.2 Å². The molecule has 0 aliphatic rings. The summed E-state index contributed by atoms with van der Waals surface area (Å²) >= 11 is 0. The summed E-state index contributed by atoms with van der Waals surface area (Å²) in [4.78, 5) is 45.9. The number of methoxy groups -OCH3 is 1. The predicted octanol–water partition coefficient (Wildman–Crippen LogP) is 1.88. The number of hydrogen-bond donors (Lipinski definition) is 0. The molecular formula is C16H18O6. The third-order valence-corrected chi connectivity index (χ3v) is 2.89. The number of aryl methyl sites for hydroxylation is 1. The molecule has 0 amide bonds. The van der Waals surface area contributed by atoms with Crippen molar-refractivity contribution in [2.75, 3.05) is 13.7 Å². The van der Waals surface area contributed by atoms with E-state index in [-0.39, 0.29) is 11.3 Å². The van der Waals surface area contributed by atoms with E-state index < -0.39 is 30.7 Å².